The van der Waals surface area contributed by atoms with Crippen molar-refractivity contribution in [2.45, 2.75) is 0 Å². The summed E-state index contributed by atoms with van der Waals surface area (Å²) in [6.07, 6.45) is 0. The third-order valence-corrected chi connectivity index (χ3v) is 4.37. The van der Waals surface area contributed by atoms with Crippen molar-refractivity contribution >= 4 is 43.2 Å². The van der Waals surface area contributed by atoms with Gasteiger partial charge in [-0.15, -0.1) is 11.3 Å². The number of para-hydroxylation sites is 1. The van der Waals surface area contributed by atoms with Gasteiger partial charge in [0.2, 0.25) is 0 Å². The number of thiophene rings is 1. The third-order valence-electron chi connectivity index (χ3n) is 3.49. The number of hydrogen-bond acceptors (Lipinski definition) is 1. The lowest BCUT2D eigenvalue weighted by atomic mass is 10.1. The molecule has 0 aliphatic carbocycles. The second kappa shape index (κ2) is 3.11. The number of fused-ring (bicyclic) bond motifs is 4. The molecule has 0 radical (unpaired) electrons. The minimum absolute atomic E-state index is 1.31. The van der Waals surface area contributed by atoms with E-state index in [1.165, 1.54) is 31.9 Å². The molecule has 2 heteroatoms. The zero-order valence-corrected chi connectivity index (χ0v) is 10.3. The van der Waals surface area contributed by atoms with Crippen LogP contribution in [0.4, 0.5) is 0 Å². The number of aromatic nitrogens is 1. The van der Waals surface area contributed by atoms with Crippen molar-refractivity contribution in [2.75, 3.05) is 0 Å². The lowest BCUT2D eigenvalue weighted by molar-refractivity contribution is 1.02. The first kappa shape index (κ1) is 9.25. The van der Waals surface area contributed by atoms with Crippen LogP contribution in [0.3, 0.4) is 0 Å². The Balaban J connectivity index is 2.36. The second-order valence-electron chi connectivity index (χ2n) is 4.40. The van der Waals surface area contributed by atoms with Gasteiger partial charge in [-0.05, 0) is 35.0 Å². The van der Waals surface area contributed by atoms with Crippen molar-refractivity contribution in [2.24, 2.45) is 7.05 Å². The van der Waals surface area contributed by atoms with Gasteiger partial charge in [0.15, 0.2) is 0 Å². The molecule has 1 nitrogen and oxygen atoms in total. The van der Waals surface area contributed by atoms with Gasteiger partial charge in [-0.2, -0.15) is 0 Å². The van der Waals surface area contributed by atoms with Gasteiger partial charge in [0, 0.05) is 33.6 Å². The van der Waals surface area contributed by atoms with Gasteiger partial charge in [0.1, 0.15) is 0 Å². The topological polar surface area (TPSA) is 4.93 Å². The van der Waals surface area contributed by atoms with E-state index in [1.807, 2.05) is 11.3 Å². The summed E-state index contributed by atoms with van der Waals surface area (Å²) in [5, 5.41) is 6.21. The van der Waals surface area contributed by atoms with Gasteiger partial charge < -0.3 is 4.57 Å². The maximum Gasteiger partial charge on any atom is 0.0495 e. The fourth-order valence-electron chi connectivity index (χ4n) is 2.61. The Morgan fingerprint density at radius 2 is 1.82 bits per heavy atom. The molecule has 0 aliphatic rings. The molecule has 2 aromatic carbocycles. The molecule has 2 aromatic heterocycles. The first-order valence-electron chi connectivity index (χ1n) is 5.69. The van der Waals surface area contributed by atoms with Gasteiger partial charge >= 0.3 is 0 Å². The molecule has 17 heavy (non-hydrogen) atoms. The normalized spacial score (nSPS) is 11.8. The average molecular weight is 237 g/mol. The maximum atomic E-state index is 2.32. The Bertz CT molecular complexity index is 851. The highest BCUT2D eigenvalue weighted by atomic mass is 32.1. The fourth-order valence-corrected chi connectivity index (χ4v) is 3.42. The van der Waals surface area contributed by atoms with Crippen LogP contribution in [-0.2, 0) is 7.05 Å². The van der Waals surface area contributed by atoms with Crippen LogP contribution in [0.15, 0.2) is 47.8 Å². The van der Waals surface area contributed by atoms with E-state index < -0.39 is 0 Å². The van der Waals surface area contributed by atoms with E-state index in [2.05, 4.69) is 59.5 Å². The Hall–Kier alpha value is -1.80. The second-order valence-corrected chi connectivity index (χ2v) is 5.35. The van der Waals surface area contributed by atoms with Gasteiger partial charge in [-0.25, -0.2) is 0 Å². The number of rotatable bonds is 0. The summed E-state index contributed by atoms with van der Waals surface area (Å²) in [5.41, 5.74) is 2.62. The van der Waals surface area contributed by atoms with E-state index in [9.17, 15) is 0 Å². The highest BCUT2D eigenvalue weighted by Gasteiger charge is 2.08. The average Bonchev–Trinajstić information content (AvgIpc) is 2.92. The van der Waals surface area contributed by atoms with Crippen LogP contribution < -0.4 is 0 Å². The molecule has 0 N–H and O–H groups in total. The zero-order chi connectivity index (χ0) is 11.4. The van der Waals surface area contributed by atoms with Gasteiger partial charge in [-0.1, -0.05) is 18.2 Å². The standard InChI is InChI=1S/C15H11NS/c1-16-13-5-3-2-4-11(13)12-9-15-10(6-7-17-15)8-14(12)16/h2-9H,1H3. The van der Waals surface area contributed by atoms with Gasteiger partial charge in [0.05, 0.1) is 0 Å². The summed E-state index contributed by atoms with van der Waals surface area (Å²) in [4.78, 5) is 0. The lowest BCUT2D eigenvalue weighted by Crippen LogP contribution is -1.85. The third kappa shape index (κ3) is 1.13. The number of benzene rings is 2. The Kier molecular flexibility index (Phi) is 1.69. The summed E-state index contributed by atoms with van der Waals surface area (Å²) in [6, 6.07) is 15.4. The lowest BCUT2D eigenvalue weighted by Gasteiger charge is -1.97. The predicted octanol–water partition coefficient (Wildman–Crippen LogP) is 4.55. The first-order valence-corrected chi connectivity index (χ1v) is 6.57. The van der Waals surface area contributed by atoms with E-state index in [0.29, 0.717) is 0 Å². The molecule has 0 bridgehead atoms. The number of aryl methyl sites for hydroxylation is 1. The fraction of sp³-hybridized carbons (Fsp3) is 0.0667. The van der Waals surface area contributed by atoms with Crippen molar-refractivity contribution in [1.82, 2.24) is 4.57 Å². The van der Waals surface area contributed by atoms with Crippen LogP contribution in [0, 0.1) is 0 Å². The van der Waals surface area contributed by atoms with Crippen LogP contribution in [-0.4, -0.2) is 4.57 Å². The van der Waals surface area contributed by atoms with Crippen molar-refractivity contribution in [3.8, 4) is 0 Å². The minimum atomic E-state index is 1.31. The van der Waals surface area contributed by atoms with Crippen molar-refractivity contribution in [1.29, 1.82) is 0 Å². The molecule has 2 heterocycles. The Morgan fingerprint density at radius 3 is 2.76 bits per heavy atom. The summed E-state index contributed by atoms with van der Waals surface area (Å²) in [5.74, 6) is 0. The van der Waals surface area contributed by atoms with Crippen LogP contribution in [0.1, 0.15) is 0 Å². The van der Waals surface area contributed by atoms with Crippen LogP contribution in [0.2, 0.25) is 0 Å². The molecule has 0 saturated carbocycles. The smallest absolute Gasteiger partial charge is 0.0495 e. The Labute approximate surface area is 103 Å². The highest BCUT2D eigenvalue weighted by molar-refractivity contribution is 7.17. The molecule has 4 rings (SSSR count). The maximum absolute atomic E-state index is 2.32. The molecule has 0 aliphatic heterocycles. The molecule has 0 fully saturated rings. The highest BCUT2D eigenvalue weighted by Crippen LogP contribution is 2.33. The predicted molar refractivity (Wildman–Crippen MR) is 75.8 cm³/mol. The minimum Gasteiger partial charge on any atom is -0.344 e. The quantitative estimate of drug-likeness (QED) is 0.423. The molecular weight excluding hydrogens is 226 g/mol. The van der Waals surface area contributed by atoms with Gasteiger partial charge in [0.25, 0.3) is 0 Å². The molecule has 0 spiro atoms. The van der Waals surface area contributed by atoms with Crippen LogP contribution in [0.5, 0.6) is 0 Å². The van der Waals surface area contributed by atoms with E-state index in [0.717, 1.165) is 0 Å². The molecule has 0 saturated heterocycles. The van der Waals surface area contributed by atoms with Crippen molar-refractivity contribution in [3.05, 3.63) is 47.8 Å². The molecule has 0 amide bonds. The van der Waals surface area contributed by atoms with E-state index in [-0.39, 0.29) is 0 Å². The molecular formula is C15H11NS. The van der Waals surface area contributed by atoms with E-state index in [4.69, 9.17) is 0 Å². The first-order chi connectivity index (χ1) is 8.34. The summed E-state index contributed by atoms with van der Waals surface area (Å²) in [6.45, 7) is 0. The molecule has 0 unspecified atom stereocenters. The number of hydrogen-bond donors (Lipinski definition) is 0. The van der Waals surface area contributed by atoms with E-state index in [1.54, 1.807) is 0 Å². The van der Waals surface area contributed by atoms with Crippen LogP contribution in [0.25, 0.3) is 31.9 Å². The van der Waals surface area contributed by atoms with Crippen LogP contribution >= 0.6 is 11.3 Å². The zero-order valence-electron chi connectivity index (χ0n) is 9.47. The van der Waals surface area contributed by atoms with Crippen molar-refractivity contribution in [3.63, 3.8) is 0 Å². The molecule has 4 aromatic rings. The summed E-state index contributed by atoms with van der Waals surface area (Å²) >= 11 is 1.81. The monoisotopic (exact) mass is 237 g/mol. The summed E-state index contributed by atoms with van der Waals surface area (Å²) in [7, 11) is 2.14. The number of nitrogens with zero attached hydrogens (tertiary/aromatic N) is 1. The molecule has 0 atom stereocenters. The largest absolute Gasteiger partial charge is 0.344 e. The van der Waals surface area contributed by atoms with Gasteiger partial charge in [-0.3, -0.25) is 0 Å². The van der Waals surface area contributed by atoms with Crippen molar-refractivity contribution < 1.29 is 0 Å². The van der Waals surface area contributed by atoms with E-state index >= 15 is 0 Å². The Morgan fingerprint density at radius 1 is 0.941 bits per heavy atom. The SMILES string of the molecule is Cn1c2ccccc2c2cc3sccc3cc21. The molecule has 82 valence electrons. The summed E-state index contributed by atoms with van der Waals surface area (Å²) < 4.78 is 3.65.